The lowest BCUT2D eigenvalue weighted by Crippen LogP contribution is -2.39. The molecule has 1 aliphatic carbocycles. The van der Waals surface area contributed by atoms with Gasteiger partial charge in [-0.1, -0.05) is 30.3 Å². The molecule has 1 heterocycles. The van der Waals surface area contributed by atoms with Gasteiger partial charge in [-0.05, 0) is 67.5 Å². The first kappa shape index (κ1) is 17.0. The minimum absolute atomic E-state index is 0.252. The Morgan fingerprint density at radius 3 is 2.62 bits per heavy atom. The molecule has 0 radical (unpaired) electrons. The van der Waals surface area contributed by atoms with Gasteiger partial charge in [-0.15, -0.1) is 0 Å². The zero-order valence-electron chi connectivity index (χ0n) is 14.7. The Morgan fingerprint density at radius 2 is 1.88 bits per heavy atom. The predicted octanol–water partition coefficient (Wildman–Crippen LogP) is 4.40. The number of nitrogens with zero attached hydrogens (tertiary/aromatic N) is 1. The Hall–Kier alpha value is -2.46. The summed E-state index contributed by atoms with van der Waals surface area (Å²) in [5.41, 5.74) is 7.96. The molecule has 3 nitrogen and oxygen atoms in total. The van der Waals surface area contributed by atoms with Gasteiger partial charge in [-0.25, -0.2) is 9.82 Å². The zero-order chi connectivity index (χ0) is 17.9. The van der Waals surface area contributed by atoms with Crippen LogP contribution >= 0.6 is 0 Å². The maximum Gasteiger partial charge on any atom is 0.142 e. The van der Waals surface area contributed by atoms with Crippen molar-refractivity contribution in [2.75, 3.05) is 5.01 Å². The van der Waals surface area contributed by atoms with Crippen LogP contribution in [0.3, 0.4) is 0 Å². The zero-order valence-corrected chi connectivity index (χ0v) is 14.7. The van der Waals surface area contributed by atoms with Crippen LogP contribution in [-0.4, -0.2) is 12.3 Å². The molecule has 4 heteroatoms. The summed E-state index contributed by atoms with van der Waals surface area (Å²) in [5, 5.41) is 2.02. The number of anilines is 1. The van der Waals surface area contributed by atoms with Gasteiger partial charge in [0, 0.05) is 11.6 Å². The van der Waals surface area contributed by atoms with Crippen molar-refractivity contribution < 1.29 is 9.18 Å². The van der Waals surface area contributed by atoms with E-state index < -0.39 is 0 Å². The van der Waals surface area contributed by atoms with Crippen molar-refractivity contribution in [3.05, 3.63) is 77.2 Å². The molecule has 0 fully saturated rings. The van der Waals surface area contributed by atoms with Crippen LogP contribution in [0.25, 0.3) is 0 Å². The van der Waals surface area contributed by atoms with Crippen LogP contribution in [0.1, 0.15) is 31.2 Å². The van der Waals surface area contributed by atoms with Crippen molar-refractivity contribution in [1.29, 1.82) is 0 Å². The standard InChI is InChI=1S/C22H23FN2O/c23-18-11-13-19(14-12-18)25-22-17(10-9-16-5-2-1-3-6-16)7-4-8-20(22)21(15-26)24-25/h1-3,5-6,11-15,17,21,24H,4,7-10H2. The van der Waals surface area contributed by atoms with E-state index in [0.29, 0.717) is 5.92 Å². The van der Waals surface area contributed by atoms with E-state index in [1.165, 1.54) is 29.0 Å². The van der Waals surface area contributed by atoms with Crippen LogP contribution in [0.2, 0.25) is 0 Å². The molecule has 0 aromatic heterocycles. The topological polar surface area (TPSA) is 32.3 Å². The van der Waals surface area contributed by atoms with Gasteiger partial charge in [0.15, 0.2) is 0 Å². The highest BCUT2D eigenvalue weighted by Gasteiger charge is 2.37. The Kier molecular flexibility index (Phi) is 4.85. The van der Waals surface area contributed by atoms with E-state index in [-0.39, 0.29) is 11.9 Å². The molecular formula is C22H23FN2O. The summed E-state index contributed by atoms with van der Waals surface area (Å²) < 4.78 is 13.3. The van der Waals surface area contributed by atoms with Crippen molar-refractivity contribution in [1.82, 2.24) is 5.43 Å². The molecular weight excluding hydrogens is 327 g/mol. The number of aryl methyl sites for hydroxylation is 1. The number of rotatable bonds is 5. The highest BCUT2D eigenvalue weighted by molar-refractivity contribution is 5.70. The molecule has 0 saturated heterocycles. The molecule has 0 bridgehead atoms. The number of nitrogens with one attached hydrogen (secondary N) is 1. The molecule has 2 aliphatic rings. The first-order chi connectivity index (χ1) is 12.8. The highest BCUT2D eigenvalue weighted by atomic mass is 19.1. The van der Waals surface area contributed by atoms with E-state index >= 15 is 0 Å². The molecule has 2 aromatic carbocycles. The van der Waals surface area contributed by atoms with E-state index in [9.17, 15) is 9.18 Å². The number of hydrazine groups is 1. The summed E-state index contributed by atoms with van der Waals surface area (Å²) in [5.74, 6) is 0.153. The fourth-order valence-electron chi connectivity index (χ4n) is 4.18. The molecule has 0 spiro atoms. The Morgan fingerprint density at radius 1 is 1.12 bits per heavy atom. The number of hydrogen-bond acceptors (Lipinski definition) is 3. The Labute approximate surface area is 153 Å². The number of aldehydes is 1. The molecule has 4 rings (SSSR count). The quantitative estimate of drug-likeness (QED) is 0.811. The highest BCUT2D eigenvalue weighted by Crippen LogP contribution is 2.41. The molecule has 26 heavy (non-hydrogen) atoms. The second-order valence-electron chi connectivity index (χ2n) is 7.08. The predicted molar refractivity (Wildman–Crippen MR) is 101 cm³/mol. The van der Waals surface area contributed by atoms with Gasteiger partial charge in [0.1, 0.15) is 18.1 Å². The minimum Gasteiger partial charge on any atom is -0.301 e. The third kappa shape index (κ3) is 3.29. The lowest BCUT2D eigenvalue weighted by molar-refractivity contribution is -0.108. The first-order valence-corrected chi connectivity index (χ1v) is 9.30. The molecule has 0 amide bonds. The normalized spacial score (nSPS) is 22.4. The number of halogens is 1. The van der Waals surface area contributed by atoms with E-state index in [4.69, 9.17) is 0 Å². The monoisotopic (exact) mass is 350 g/mol. The van der Waals surface area contributed by atoms with Gasteiger partial charge < -0.3 is 4.79 Å². The number of benzene rings is 2. The third-order valence-electron chi connectivity index (χ3n) is 5.44. The van der Waals surface area contributed by atoms with Gasteiger partial charge in [-0.2, -0.15) is 0 Å². The van der Waals surface area contributed by atoms with E-state index in [2.05, 4.69) is 29.7 Å². The van der Waals surface area contributed by atoms with Crippen LogP contribution in [0.4, 0.5) is 10.1 Å². The second-order valence-corrected chi connectivity index (χ2v) is 7.08. The van der Waals surface area contributed by atoms with Crippen LogP contribution in [-0.2, 0) is 11.2 Å². The maximum absolute atomic E-state index is 13.3. The molecule has 2 aromatic rings. The summed E-state index contributed by atoms with van der Waals surface area (Å²) >= 11 is 0. The minimum atomic E-state index is -0.269. The SMILES string of the molecule is O=CC1NN(c2ccc(F)cc2)C2=C1CCCC2CCc1ccccc1. The van der Waals surface area contributed by atoms with Crippen molar-refractivity contribution in [3.63, 3.8) is 0 Å². The molecule has 2 unspecified atom stereocenters. The van der Waals surface area contributed by atoms with Gasteiger partial charge in [0.2, 0.25) is 0 Å². The van der Waals surface area contributed by atoms with Crippen LogP contribution in [0, 0.1) is 11.7 Å². The average molecular weight is 350 g/mol. The summed E-state index contributed by atoms with van der Waals surface area (Å²) in [7, 11) is 0. The summed E-state index contributed by atoms with van der Waals surface area (Å²) in [6.07, 6.45) is 6.24. The van der Waals surface area contributed by atoms with Crippen molar-refractivity contribution in [2.24, 2.45) is 5.92 Å². The number of carbonyl (C=O) groups excluding carboxylic acids is 1. The van der Waals surface area contributed by atoms with Gasteiger partial charge in [0.05, 0.1) is 5.69 Å². The van der Waals surface area contributed by atoms with Gasteiger partial charge in [-0.3, -0.25) is 5.01 Å². The van der Waals surface area contributed by atoms with Crippen molar-refractivity contribution in [3.8, 4) is 0 Å². The second kappa shape index (κ2) is 7.42. The lowest BCUT2D eigenvalue weighted by Gasteiger charge is -2.31. The van der Waals surface area contributed by atoms with Crippen LogP contribution in [0.5, 0.6) is 0 Å². The largest absolute Gasteiger partial charge is 0.301 e. The van der Waals surface area contributed by atoms with Gasteiger partial charge >= 0.3 is 0 Å². The number of allylic oxidation sites excluding steroid dienone is 1. The van der Waals surface area contributed by atoms with E-state index in [0.717, 1.165) is 44.1 Å². The van der Waals surface area contributed by atoms with Crippen molar-refractivity contribution >= 4 is 12.0 Å². The Bertz CT molecular complexity index is 801. The van der Waals surface area contributed by atoms with Crippen molar-refractivity contribution in [2.45, 2.75) is 38.1 Å². The average Bonchev–Trinajstić information content (AvgIpc) is 3.07. The molecule has 1 N–H and O–H groups in total. The molecule has 1 aliphatic heterocycles. The number of carbonyl (C=O) groups is 1. The smallest absolute Gasteiger partial charge is 0.142 e. The molecule has 0 saturated carbocycles. The maximum atomic E-state index is 13.3. The van der Waals surface area contributed by atoms with E-state index in [1.54, 1.807) is 12.1 Å². The third-order valence-corrected chi connectivity index (χ3v) is 5.44. The first-order valence-electron chi connectivity index (χ1n) is 9.30. The molecule has 134 valence electrons. The van der Waals surface area contributed by atoms with E-state index in [1.807, 2.05) is 11.1 Å². The van der Waals surface area contributed by atoms with Gasteiger partial charge in [0.25, 0.3) is 0 Å². The Balaban J connectivity index is 1.61. The fraction of sp³-hybridized carbons (Fsp3) is 0.318. The lowest BCUT2D eigenvalue weighted by atomic mass is 9.82. The fourth-order valence-corrected chi connectivity index (χ4v) is 4.18. The molecule has 2 atom stereocenters. The van der Waals surface area contributed by atoms with Crippen LogP contribution in [0.15, 0.2) is 65.9 Å². The summed E-state index contributed by atoms with van der Waals surface area (Å²) in [6, 6.07) is 16.7. The van der Waals surface area contributed by atoms with Crippen LogP contribution < -0.4 is 10.4 Å². The summed E-state index contributed by atoms with van der Waals surface area (Å²) in [4.78, 5) is 11.6. The summed E-state index contributed by atoms with van der Waals surface area (Å²) in [6.45, 7) is 0. The number of hydrogen-bond donors (Lipinski definition) is 1.